The van der Waals surface area contributed by atoms with E-state index in [9.17, 15) is 4.79 Å². The average Bonchev–Trinajstić information content (AvgIpc) is 3.04. The summed E-state index contributed by atoms with van der Waals surface area (Å²) in [4.78, 5) is 23.5. The van der Waals surface area contributed by atoms with Crippen molar-refractivity contribution in [1.82, 2.24) is 15.0 Å². The van der Waals surface area contributed by atoms with E-state index in [4.69, 9.17) is 4.42 Å². The molecular weight excluding hydrogens is 256 g/mol. The Morgan fingerprint density at radius 1 is 1.30 bits per heavy atom. The first kappa shape index (κ1) is 12.4. The molecule has 20 heavy (non-hydrogen) atoms. The van der Waals surface area contributed by atoms with Crippen LogP contribution in [-0.2, 0) is 0 Å². The van der Waals surface area contributed by atoms with Crippen molar-refractivity contribution >= 4 is 22.9 Å². The number of oxazole rings is 1. The smallest absolute Gasteiger partial charge is 0.279 e. The van der Waals surface area contributed by atoms with E-state index in [0.717, 1.165) is 11.0 Å². The summed E-state index contributed by atoms with van der Waals surface area (Å²) in [6.07, 6.45) is 1.35. The zero-order valence-corrected chi connectivity index (χ0v) is 11.2. The van der Waals surface area contributed by atoms with Gasteiger partial charge in [0.25, 0.3) is 5.91 Å². The van der Waals surface area contributed by atoms with Crippen molar-refractivity contribution < 1.29 is 9.21 Å². The molecule has 0 radical (unpaired) electrons. The van der Waals surface area contributed by atoms with Gasteiger partial charge >= 0.3 is 0 Å². The number of carbonyl (C=O) groups excluding carboxylic acids is 1. The van der Waals surface area contributed by atoms with Crippen LogP contribution < -0.4 is 5.32 Å². The minimum Gasteiger partial charge on any atom is -0.448 e. The first-order valence-corrected chi connectivity index (χ1v) is 6.35. The fraction of sp³-hybridized carbons (Fsp3) is 0.214. The van der Waals surface area contributed by atoms with E-state index < -0.39 is 0 Å². The van der Waals surface area contributed by atoms with E-state index in [0.29, 0.717) is 11.8 Å². The molecule has 2 aromatic heterocycles. The van der Waals surface area contributed by atoms with Gasteiger partial charge in [0, 0.05) is 5.92 Å². The number of aromatic nitrogens is 3. The SMILES string of the molecule is CC(C)c1nc(C(=O)Nc2nc3ccccc3[nH]2)co1. The maximum atomic E-state index is 12.0. The Labute approximate surface area is 115 Å². The fourth-order valence-electron chi connectivity index (χ4n) is 1.84. The minimum atomic E-state index is -0.347. The molecule has 1 amide bonds. The molecule has 3 rings (SSSR count). The number of benzene rings is 1. The molecule has 0 aliphatic heterocycles. The first-order chi connectivity index (χ1) is 9.63. The van der Waals surface area contributed by atoms with Crippen LogP contribution in [0.4, 0.5) is 5.95 Å². The fourth-order valence-corrected chi connectivity index (χ4v) is 1.84. The highest BCUT2D eigenvalue weighted by Crippen LogP contribution is 2.16. The van der Waals surface area contributed by atoms with Crippen LogP contribution in [0.5, 0.6) is 0 Å². The van der Waals surface area contributed by atoms with Crippen LogP contribution in [0, 0.1) is 0 Å². The minimum absolute atomic E-state index is 0.141. The van der Waals surface area contributed by atoms with Crippen LogP contribution in [-0.4, -0.2) is 20.9 Å². The molecule has 0 saturated heterocycles. The number of carbonyl (C=O) groups is 1. The summed E-state index contributed by atoms with van der Waals surface area (Å²) in [6, 6.07) is 7.55. The van der Waals surface area contributed by atoms with Gasteiger partial charge in [0.2, 0.25) is 5.95 Å². The van der Waals surface area contributed by atoms with Crippen molar-refractivity contribution in [3.8, 4) is 0 Å². The van der Waals surface area contributed by atoms with E-state index in [1.807, 2.05) is 38.1 Å². The van der Waals surface area contributed by atoms with Gasteiger partial charge in [0.15, 0.2) is 11.6 Å². The second-order valence-electron chi connectivity index (χ2n) is 4.78. The van der Waals surface area contributed by atoms with Gasteiger partial charge in [-0.05, 0) is 12.1 Å². The Bertz CT molecular complexity index is 724. The largest absolute Gasteiger partial charge is 0.448 e. The third-order valence-electron chi connectivity index (χ3n) is 2.87. The number of nitrogens with one attached hydrogen (secondary N) is 2. The molecule has 0 aliphatic rings. The quantitative estimate of drug-likeness (QED) is 0.766. The van der Waals surface area contributed by atoms with E-state index in [-0.39, 0.29) is 17.5 Å². The van der Waals surface area contributed by atoms with Crippen molar-refractivity contribution in [3.05, 3.63) is 42.1 Å². The van der Waals surface area contributed by atoms with E-state index >= 15 is 0 Å². The van der Waals surface area contributed by atoms with Gasteiger partial charge < -0.3 is 9.40 Å². The van der Waals surface area contributed by atoms with Crippen molar-refractivity contribution in [2.24, 2.45) is 0 Å². The number of H-pyrrole nitrogens is 1. The Morgan fingerprint density at radius 3 is 2.80 bits per heavy atom. The van der Waals surface area contributed by atoms with Crippen molar-refractivity contribution in [2.75, 3.05) is 5.32 Å². The Hall–Kier alpha value is -2.63. The number of hydrogen-bond donors (Lipinski definition) is 2. The lowest BCUT2D eigenvalue weighted by atomic mass is 10.2. The average molecular weight is 270 g/mol. The van der Waals surface area contributed by atoms with Gasteiger partial charge in [-0.1, -0.05) is 26.0 Å². The number of aromatic amines is 1. The maximum Gasteiger partial charge on any atom is 0.279 e. The molecular formula is C14H14N4O2. The maximum absolute atomic E-state index is 12.0. The molecule has 0 fully saturated rings. The van der Waals surface area contributed by atoms with E-state index in [2.05, 4.69) is 20.3 Å². The van der Waals surface area contributed by atoms with Crippen LogP contribution in [0.1, 0.15) is 36.1 Å². The molecule has 0 saturated carbocycles. The molecule has 0 unspecified atom stereocenters. The molecule has 0 spiro atoms. The van der Waals surface area contributed by atoms with Crippen LogP contribution in [0.3, 0.4) is 0 Å². The standard InChI is InChI=1S/C14H14N4O2/c1-8(2)13-15-11(7-20-13)12(19)18-14-16-9-5-3-4-6-10(9)17-14/h3-8H,1-2H3,(H2,16,17,18,19). The van der Waals surface area contributed by atoms with Gasteiger partial charge in [-0.3, -0.25) is 10.1 Å². The Kier molecular flexibility index (Phi) is 2.98. The summed E-state index contributed by atoms with van der Waals surface area (Å²) < 4.78 is 5.24. The summed E-state index contributed by atoms with van der Waals surface area (Å²) in [7, 11) is 0. The van der Waals surface area contributed by atoms with E-state index in [1.54, 1.807) is 0 Å². The lowest BCUT2D eigenvalue weighted by Gasteiger charge is -1.97. The highest BCUT2D eigenvalue weighted by Gasteiger charge is 2.15. The molecule has 3 aromatic rings. The molecule has 0 bridgehead atoms. The summed E-state index contributed by atoms with van der Waals surface area (Å²) in [5.41, 5.74) is 1.91. The van der Waals surface area contributed by atoms with Crippen molar-refractivity contribution in [3.63, 3.8) is 0 Å². The third kappa shape index (κ3) is 2.27. The number of fused-ring (bicyclic) bond motifs is 1. The second-order valence-corrected chi connectivity index (χ2v) is 4.78. The van der Waals surface area contributed by atoms with Crippen molar-refractivity contribution in [2.45, 2.75) is 19.8 Å². The zero-order valence-electron chi connectivity index (χ0n) is 11.2. The monoisotopic (exact) mass is 270 g/mol. The third-order valence-corrected chi connectivity index (χ3v) is 2.87. The topological polar surface area (TPSA) is 83.8 Å². The van der Waals surface area contributed by atoms with Crippen LogP contribution in [0.2, 0.25) is 0 Å². The molecule has 102 valence electrons. The molecule has 2 heterocycles. The van der Waals surface area contributed by atoms with Gasteiger partial charge in [-0.25, -0.2) is 9.97 Å². The molecule has 6 heteroatoms. The van der Waals surface area contributed by atoms with Gasteiger partial charge in [-0.15, -0.1) is 0 Å². The molecule has 2 N–H and O–H groups in total. The van der Waals surface area contributed by atoms with Crippen LogP contribution >= 0.6 is 0 Å². The summed E-state index contributed by atoms with van der Waals surface area (Å²) in [5, 5.41) is 2.67. The van der Waals surface area contributed by atoms with Gasteiger partial charge in [-0.2, -0.15) is 0 Å². The number of para-hydroxylation sites is 2. The number of anilines is 1. The number of imidazole rings is 1. The predicted octanol–water partition coefficient (Wildman–Crippen LogP) is 2.93. The van der Waals surface area contributed by atoms with Gasteiger partial charge in [0.05, 0.1) is 11.0 Å². The zero-order chi connectivity index (χ0) is 14.1. The summed E-state index contributed by atoms with van der Waals surface area (Å²) >= 11 is 0. The Balaban J connectivity index is 1.80. The highest BCUT2D eigenvalue weighted by molar-refractivity contribution is 6.02. The predicted molar refractivity (Wildman–Crippen MR) is 74.6 cm³/mol. The number of rotatable bonds is 3. The van der Waals surface area contributed by atoms with Gasteiger partial charge in [0.1, 0.15) is 6.26 Å². The van der Waals surface area contributed by atoms with E-state index in [1.165, 1.54) is 6.26 Å². The molecule has 0 atom stereocenters. The molecule has 1 aromatic carbocycles. The summed E-state index contributed by atoms with van der Waals surface area (Å²) in [6.45, 7) is 3.90. The molecule has 6 nitrogen and oxygen atoms in total. The number of nitrogens with zero attached hydrogens (tertiary/aromatic N) is 2. The Morgan fingerprint density at radius 2 is 2.10 bits per heavy atom. The lowest BCUT2D eigenvalue weighted by Crippen LogP contribution is -2.13. The lowest BCUT2D eigenvalue weighted by molar-refractivity contribution is 0.102. The second kappa shape index (κ2) is 4.80. The normalized spacial score (nSPS) is 11.2. The summed E-state index contributed by atoms with van der Waals surface area (Å²) in [5.74, 6) is 0.729. The molecule has 0 aliphatic carbocycles. The van der Waals surface area contributed by atoms with Crippen LogP contribution in [0.15, 0.2) is 34.9 Å². The first-order valence-electron chi connectivity index (χ1n) is 6.35. The highest BCUT2D eigenvalue weighted by atomic mass is 16.3. The van der Waals surface area contributed by atoms with Crippen LogP contribution in [0.25, 0.3) is 11.0 Å². The van der Waals surface area contributed by atoms with Crippen molar-refractivity contribution in [1.29, 1.82) is 0 Å². The number of amides is 1. The number of hydrogen-bond acceptors (Lipinski definition) is 4.